The van der Waals surface area contributed by atoms with Crippen LogP contribution in [0.5, 0.6) is 5.75 Å². The SMILES string of the molecule is COc1ccc(-n2nc(CCC(=O)O)c(Br)c2-c2ccc(Cl)cc2)cc1. The molecular weight excluding hydrogens is 420 g/mol. The van der Waals surface area contributed by atoms with Crippen molar-refractivity contribution in [2.45, 2.75) is 12.8 Å². The lowest BCUT2D eigenvalue weighted by molar-refractivity contribution is -0.136. The number of methoxy groups -OCH3 is 1. The van der Waals surface area contributed by atoms with Crippen LogP contribution in [0.3, 0.4) is 0 Å². The first-order valence-corrected chi connectivity index (χ1v) is 9.06. The third kappa shape index (κ3) is 3.92. The third-order valence-electron chi connectivity index (χ3n) is 3.90. The maximum atomic E-state index is 10.9. The highest BCUT2D eigenvalue weighted by molar-refractivity contribution is 9.10. The standard InChI is InChI=1S/C19H16BrClN2O3/c1-26-15-8-6-14(7-9-15)23-19(12-2-4-13(21)5-3-12)18(20)16(22-23)10-11-17(24)25/h2-9H,10-11H2,1H3,(H,24,25). The van der Waals surface area contributed by atoms with Gasteiger partial charge in [-0.1, -0.05) is 23.7 Å². The van der Waals surface area contributed by atoms with Crippen molar-refractivity contribution < 1.29 is 14.6 Å². The minimum Gasteiger partial charge on any atom is -0.497 e. The van der Waals surface area contributed by atoms with E-state index in [1.165, 1.54) is 0 Å². The van der Waals surface area contributed by atoms with Gasteiger partial charge in [-0.25, -0.2) is 4.68 Å². The molecule has 0 spiro atoms. The zero-order valence-electron chi connectivity index (χ0n) is 13.9. The van der Waals surface area contributed by atoms with E-state index >= 15 is 0 Å². The number of carboxylic acid groups (broad SMARTS) is 1. The van der Waals surface area contributed by atoms with Crippen LogP contribution >= 0.6 is 27.5 Å². The number of ether oxygens (including phenoxy) is 1. The highest BCUT2D eigenvalue weighted by atomic mass is 79.9. The van der Waals surface area contributed by atoms with Crippen LogP contribution < -0.4 is 4.74 Å². The fourth-order valence-corrected chi connectivity index (χ4v) is 3.40. The van der Waals surface area contributed by atoms with Crippen LogP contribution in [0.4, 0.5) is 0 Å². The highest BCUT2D eigenvalue weighted by Crippen LogP contribution is 2.34. The average Bonchev–Trinajstić information content (AvgIpc) is 2.97. The molecule has 0 amide bonds. The monoisotopic (exact) mass is 434 g/mol. The largest absolute Gasteiger partial charge is 0.497 e. The predicted molar refractivity (Wildman–Crippen MR) is 104 cm³/mol. The Hall–Kier alpha value is -2.31. The summed E-state index contributed by atoms with van der Waals surface area (Å²) in [6.07, 6.45) is 0.345. The van der Waals surface area contributed by atoms with Crippen molar-refractivity contribution in [3.05, 3.63) is 63.7 Å². The number of carboxylic acids is 1. The molecule has 3 aromatic rings. The summed E-state index contributed by atoms with van der Waals surface area (Å²) >= 11 is 9.60. The summed E-state index contributed by atoms with van der Waals surface area (Å²) in [5, 5.41) is 14.3. The zero-order valence-corrected chi connectivity index (χ0v) is 16.3. The summed E-state index contributed by atoms with van der Waals surface area (Å²) in [5.41, 5.74) is 3.30. The number of aromatic nitrogens is 2. The normalized spacial score (nSPS) is 10.7. The molecule has 0 aliphatic rings. The molecule has 7 heteroatoms. The molecule has 1 heterocycles. The molecule has 0 radical (unpaired) electrons. The van der Waals surface area contributed by atoms with Gasteiger partial charge in [0.15, 0.2) is 0 Å². The molecule has 0 unspecified atom stereocenters. The van der Waals surface area contributed by atoms with Gasteiger partial charge in [-0.05, 0) is 52.3 Å². The predicted octanol–water partition coefficient (Wildman–Crippen LogP) is 4.98. The number of rotatable bonds is 6. The van der Waals surface area contributed by atoms with E-state index in [1.54, 1.807) is 11.8 Å². The average molecular weight is 436 g/mol. The van der Waals surface area contributed by atoms with Gasteiger partial charge in [0.2, 0.25) is 0 Å². The van der Waals surface area contributed by atoms with Crippen LogP contribution in [0.1, 0.15) is 12.1 Å². The van der Waals surface area contributed by atoms with E-state index in [-0.39, 0.29) is 6.42 Å². The van der Waals surface area contributed by atoms with E-state index in [0.717, 1.165) is 27.2 Å². The Morgan fingerprint density at radius 2 is 1.85 bits per heavy atom. The molecule has 26 heavy (non-hydrogen) atoms. The summed E-state index contributed by atoms with van der Waals surface area (Å²) in [4.78, 5) is 10.9. The van der Waals surface area contributed by atoms with E-state index in [4.69, 9.17) is 21.4 Å². The van der Waals surface area contributed by atoms with Crippen LogP contribution in [-0.2, 0) is 11.2 Å². The quantitative estimate of drug-likeness (QED) is 0.593. The van der Waals surface area contributed by atoms with Gasteiger partial charge < -0.3 is 9.84 Å². The van der Waals surface area contributed by atoms with Crippen molar-refractivity contribution in [1.82, 2.24) is 9.78 Å². The van der Waals surface area contributed by atoms with E-state index in [1.807, 2.05) is 48.5 Å². The number of hydrogen-bond donors (Lipinski definition) is 1. The number of aryl methyl sites for hydroxylation is 1. The molecule has 0 fully saturated rings. The van der Waals surface area contributed by atoms with Gasteiger partial charge in [-0.2, -0.15) is 5.10 Å². The van der Waals surface area contributed by atoms with E-state index < -0.39 is 5.97 Å². The fourth-order valence-electron chi connectivity index (χ4n) is 2.60. The van der Waals surface area contributed by atoms with Crippen LogP contribution in [0, 0.1) is 0 Å². The fraction of sp³-hybridized carbons (Fsp3) is 0.158. The maximum Gasteiger partial charge on any atom is 0.303 e. The molecular formula is C19H16BrClN2O3. The molecule has 1 aromatic heterocycles. The van der Waals surface area contributed by atoms with Gasteiger partial charge in [-0.15, -0.1) is 0 Å². The Bertz CT molecular complexity index is 921. The van der Waals surface area contributed by atoms with Crippen molar-refractivity contribution in [3.8, 4) is 22.7 Å². The first-order chi connectivity index (χ1) is 12.5. The van der Waals surface area contributed by atoms with Crippen molar-refractivity contribution >= 4 is 33.5 Å². The Morgan fingerprint density at radius 3 is 2.42 bits per heavy atom. The molecule has 5 nitrogen and oxygen atoms in total. The summed E-state index contributed by atoms with van der Waals surface area (Å²) in [7, 11) is 1.61. The lowest BCUT2D eigenvalue weighted by Crippen LogP contribution is -2.01. The summed E-state index contributed by atoms with van der Waals surface area (Å²) in [6, 6.07) is 15.0. The van der Waals surface area contributed by atoms with Gasteiger partial charge in [0.25, 0.3) is 0 Å². The van der Waals surface area contributed by atoms with E-state index in [2.05, 4.69) is 21.0 Å². The second-order valence-corrected chi connectivity index (χ2v) is 6.85. The number of carbonyl (C=O) groups is 1. The lowest BCUT2D eigenvalue weighted by atomic mass is 10.1. The molecule has 0 aliphatic heterocycles. The molecule has 2 aromatic carbocycles. The smallest absolute Gasteiger partial charge is 0.303 e. The van der Waals surface area contributed by atoms with Crippen molar-refractivity contribution in [1.29, 1.82) is 0 Å². The highest BCUT2D eigenvalue weighted by Gasteiger charge is 2.19. The Kier molecular flexibility index (Phi) is 5.64. The van der Waals surface area contributed by atoms with Gasteiger partial charge in [-0.3, -0.25) is 4.79 Å². The second-order valence-electron chi connectivity index (χ2n) is 5.62. The minimum atomic E-state index is -0.857. The van der Waals surface area contributed by atoms with Crippen LogP contribution in [0.15, 0.2) is 53.0 Å². The zero-order chi connectivity index (χ0) is 18.7. The number of hydrogen-bond acceptors (Lipinski definition) is 3. The molecule has 134 valence electrons. The molecule has 1 N–H and O–H groups in total. The first-order valence-electron chi connectivity index (χ1n) is 7.89. The number of nitrogens with zero attached hydrogens (tertiary/aromatic N) is 2. The van der Waals surface area contributed by atoms with Crippen LogP contribution in [0.2, 0.25) is 5.02 Å². The molecule has 3 rings (SSSR count). The number of benzene rings is 2. The molecule has 0 aliphatic carbocycles. The lowest BCUT2D eigenvalue weighted by Gasteiger charge is -2.09. The first kappa shape index (κ1) is 18.5. The van der Waals surface area contributed by atoms with Crippen molar-refractivity contribution in [2.24, 2.45) is 0 Å². The summed E-state index contributed by atoms with van der Waals surface area (Å²) in [6.45, 7) is 0. The van der Waals surface area contributed by atoms with Gasteiger partial charge in [0.05, 0.1) is 35.1 Å². The number of halogens is 2. The summed E-state index contributed by atoms with van der Waals surface area (Å²) in [5.74, 6) is -0.108. The number of aliphatic carboxylic acids is 1. The van der Waals surface area contributed by atoms with Crippen LogP contribution in [0.25, 0.3) is 16.9 Å². The van der Waals surface area contributed by atoms with Crippen molar-refractivity contribution in [2.75, 3.05) is 7.11 Å². The van der Waals surface area contributed by atoms with E-state index in [0.29, 0.717) is 17.1 Å². The van der Waals surface area contributed by atoms with E-state index in [9.17, 15) is 4.79 Å². The molecule has 0 saturated heterocycles. The van der Waals surface area contributed by atoms with Gasteiger partial charge >= 0.3 is 5.97 Å². The topological polar surface area (TPSA) is 64.4 Å². The third-order valence-corrected chi connectivity index (χ3v) is 4.99. The molecule has 0 bridgehead atoms. The molecule has 0 atom stereocenters. The van der Waals surface area contributed by atoms with Crippen LogP contribution in [-0.4, -0.2) is 28.0 Å². The second kappa shape index (κ2) is 7.93. The Labute approximate surface area is 164 Å². The minimum absolute atomic E-state index is 0.0122. The van der Waals surface area contributed by atoms with Gasteiger partial charge in [0.1, 0.15) is 5.75 Å². The Morgan fingerprint density at radius 1 is 1.19 bits per heavy atom. The Balaban J connectivity index is 2.12. The summed E-state index contributed by atoms with van der Waals surface area (Å²) < 4.78 is 7.78. The molecule has 0 saturated carbocycles. The maximum absolute atomic E-state index is 10.9. The van der Waals surface area contributed by atoms with Crippen molar-refractivity contribution in [3.63, 3.8) is 0 Å². The van der Waals surface area contributed by atoms with Gasteiger partial charge in [0, 0.05) is 17.0 Å².